The number of ether oxygens (including phenoxy) is 1. The number of anilines is 1. The van der Waals surface area contributed by atoms with Gasteiger partial charge >= 0.3 is 0 Å². The number of aryl methyl sites for hydroxylation is 1. The molecule has 0 bridgehead atoms. The third-order valence-corrected chi connectivity index (χ3v) is 5.20. The number of amides is 1. The third kappa shape index (κ3) is 4.84. The van der Waals surface area contributed by atoms with E-state index in [-0.39, 0.29) is 5.91 Å². The van der Waals surface area contributed by atoms with E-state index in [2.05, 4.69) is 26.7 Å². The number of pyridine rings is 2. The molecule has 0 spiro atoms. The number of aromatic nitrogens is 2. The number of hydrogen-bond donors (Lipinski definition) is 0. The van der Waals surface area contributed by atoms with Crippen molar-refractivity contribution >= 4 is 11.7 Å². The summed E-state index contributed by atoms with van der Waals surface area (Å²) in [4.78, 5) is 26.0. The molecule has 0 saturated carbocycles. The highest BCUT2D eigenvalue weighted by molar-refractivity contribution is 5.95. The Labute approximate surface area is 182 Å². The van der Waals surface area contributed by atoms with Gasteiger partial charge in [-0.3, -0.25) is 4.79 Å². The van der Waals surface area contributed by atoms with Crippen molar-refractivity contribution in [2.24, 2.45) is 0 Å². The van der Waals surface area contributed by atoms with Gasteiger partial charge in [0.1, 0.15) is 17.3 Å². The van der Waals surface area contributed by atoms with Crippen molar-refractivity contribution in [3.8, 4) is 17.6 Å². The Hall–Kier alpha value is -3.85. The third-order valence-electron chi connectivity index (χ3n) is 5.20. The van der Waals surface area contributed by atoms with E-state index in [1.165, 1.54) is 0 Å². The minimum absolute atomic E-state index is 0.000362. The maximum Gasteiger partial charge on any atom is 0.254 e. The Balaban J connectivity index is 1.48. The summed E-state index contributed by atoms with van der Waals surface area (Å²) in [7, 11) is 1.60. The van der Waals surface area contributed by atoms with E-state index in [9.17, 15) is 4.79 Å². The number of benzene rings is 1. The van der Waals surface area contributed by atoms with Gasteiger partial charge in [-0.15, -0.1) is 0 Å². The molecule has 1 aliphatic heterocycles. The molecule has 1 aromatic carbocycles. The molecule has 2 aromatic heterocycles. The lowest BCUT2D eigenvalue weighted by atomic mass is 10.1. The smallest absolute Gasteiger partial charge is 0.254 e. The zero-order valence-corrected chi connectivity index (χ0v) is 17.7. The number of carbonyl (C=O) groups excluding carboxylic acids is 1. The van der Waals surface area contributed by atoms with Crippen LogP contribution in [0.5, 0.6) is 5.75 Å². The number of hydrogen-bond acceptors (Lipinski definition) is 5. The predicted molar refractivity (Wildman–Crippen MR) is 120 cm³/mol. The van der Waals surface area contributed by atoms with Crippen molar-refractivity contribution < 1.29 is 9.53 Å². The summed E-state index contributed by atoms with van der Waals surface area (Å²) >= 11 is 0. The molecule has 0 aliphatic carbocycles. The van der Waals surface area contributed by atoms with Gasteiger partial charge in [-0.05, 0) is 55.3 Å². The summed E-state index contributed by atoms with van der Waals surface area (Å²) in [6, 6.07) is 17.0. The van der Waals surface area contributed by atoms with Crippen molar-refractivity contribution in [3.63, 3.8) is 0 Å². The molecule has 0 unspecified atom stereocenters. The number of nitrogens with zero attached hydrogens (tertiary/aromatic N) is 4. The second kappa shape index (κ2) is 9.31. The molecule has 1 fully saturated rings. The fourth-order valence-electron chi connectivity index (χ4n) is 3.53. The highest BCUT2D eigenvalue weighted by Crippen LogP contribution is 2.21. The molecular weight excluding hydrogens is 388 g/mol. The van der Waals surface area contributed by atoms with Gasteiger partial charge < -0.3 is 14.5 Å². The Morgan fingerprint density at radius 3 is 2.55 bits per heavy atom. The van der Waals surface area contributed by atoms with Crippen LogP contribution in [0, 0.1) is 18.8 Å². The summed E-state index contributed by atoms with van der Waals surface area (Å²) in [5.74, 6) is 7.71. The van der Waals surface area contributed by atoms with Crippen LogP contribution in [0.25, 0.3) is 0 Å². The molecule has 1 saturated heterocycles. The number of rotatable bonds is 3. The Morgan fingerprint density at radius 1 is 1.00 bits per heavy atom. The monoisotopic (exact) mass is 412 g/mol. The number of methoxy groups -OCH3 is 1. The molecule has 1 aliphatic rings. The highest BCUT2D eigenvalue weighted by atomic mass is 16.5. The summed E-state index contributed by atoms with van der Waals surface area (Å²) in [6.07, 6.45) is 1.70. The Bertz CT molecular complexity index is 1130. The van der Waals surface area contributed by atoms with Crippen molar-refractivity contribution in [2.45, 2.75) is 6.92 Å². The van der Waals surface area contributed by atoms with Crippen molar-refractivity contribution in [2.75, 3.05) is 38.2 Å². The van der Waals surface area contributed by atoms with Gasteiger partial charge in [0.25, 0.3) is 5.91 Å². The minimum Gasteiger partial charge on any atom is -0.495 e. The fourth-order valence-corrected chi connectivity index (χ4v) is 3.53. The summed E-state index contributed by atoms with van der Waals surface area (Å²) in [5, 5.41) is 0. The fraction of sp³-hybridized carbons (Fsp3) is 0.240. The average molecular weight is 412 g/mol. The van der Waals surface area contributed by atoms with Crippen molar-refractivity contribution in [1.29, 1.82) is 0 Å². The van der Waals surface area contributed by atoms with Crippen LogP contribution in [0.1, 0.15) is 27.3 Å². The van der Waals surface area contributed by atoms with Crippen LogP contribution in [0.15, 0.2) is 60.8 Å². The molecular formula is C25H24N4O2. The molecule has 0 atom stereocenters. The first-order valence-electron chi connectivity index (χ1n) is 10.2. The van der Waals surface area contributed by atoms with E-state index in [4.69, 9.17) is 4.74 Å². The zero-order valence-electron chi connectivity index (χ0n) is 17.7. The molecule has 0 N–H and O–H groups in total. The summed E-state index contributed by atoms with van der Waals surface area (Å²) in [6.45, 7) is 4.79. The van der Waals surface area contributed by atoms with Crippen molar-refractivity contribution in [1.82, 2.24) is 14.9 Å². The van der Waals surface area contributed by atoms with Crippen LogP contribution in [0.2, 0.25) is 0 Å². The maximum absolute atomic E-state index is 13.1. The molecule has 3 heterocycles. The highest BCUT2D eigenvalue weighted by Gasteiger charge is 2.23. The van der Waals surface area contributed by atoms with Gasteiger partial charge in [0.2, 0.25) is 0 Å². The van der Waals surface area contributed by atoms with Gasteiger partial charge in [-0.1, -0.05) is 18.1 Å². The van der Waals surface area contributed by atoms with E-state index in [1.54, 1.807) is 31.5 Å². The van der Waals surface area contributed by atoms with E-state index < -0.39 is 0 Å². The molecule has 31 heavy (non-hydrogen) atoms. The van der Waals surface area contributed by atoms with E-state index >= 15 is 0 Å². The average Bonchev–Trinajstić information content (AvgIpc) is 2.83. The molecule has 0 radical (unpaired) electrons. The first-order chi connectivity index (χ1) is 15.1. The first-order valence-corrected chi connectivity index (χ1v) is 10.2. The lowest BCUT2D eigenvalue weighted by Gasteiger charge is -2.35. The van der Waals surface area contributed by atoms with Crippen LogP contribution in [-0.4, -0.2) is 54.1 Å². The van der Waals surface area contributed by atoms with Gasteiger partial charge in [0, 0.05) is 43.6 Å². The van der Waals surface area contributed by atoms with Gasteiger partial charge in [-0.2, -0.15) is 0 Å². The van der Waals surface area contributed by atoms with Gasteiger partial charge in [0.05, 0.1) is 12.7 Å². The van der Waals surface area contributed by atoms with Crippen LogP contribution in [0.4, 0.5) is 5.82 Å². The van der Waals surface area contributed by atoms with E-state index in [1.807, 2.05) is 48.2 Å². The topological polar surface area (TPSA) is 58.6 Å². The summed E-state index contributed by atoms with van der Waals surface area (Å²) < 4.78 is 5.43. The van der Waals surface area contributed by atoms with Gasteiger partial charge in [-0.25, -0.2) is 9.97 Å². The SMILES string of the molecule is COc1ccc(C(=O)N2CCN(c3cccc(C)n3)CC2)cc1C#Cc1ccccn1. The van der Waals surface area contributed by atoms with Crippen LogP contribution in [0.3, 0.4) is 0 Å². The maximum atomic E-state index is 13.1. The molecule has 1 amide bonds. The second-order valence-corrected chi connectivity index (χ2v) is 7.30. The normalized spacial score (nSPS) is 13.4. The second-order valence-electron chi connectivity index (χ2n) is 7.30. The van der Waals surface area contributed by atoms with E-state index in [0.717, 1.165) is 24.6 Å². The zero-order chi connectivity index (χ0) is 21.6. The Morgan fingerprint density at radius 2 is 1.84 bits per heavy atom. The largest absolute Gasteiger partial charge is 0.495 e. The number of carbonyl (C=O) groups is 1. The standard InChI is InChI=1S/C25H24N4O2/c1-19-6-5-8-24(27-19)28-14-16-29(17-15-28)25(30)21-10-12-23(31-2)20(18-21)9-11-22-7-3-4-13-26-22/h3-8,10,12-13,18H,14-17H2,1-2H3. The lowest BCUT2D eigenvalue weighted by Crippen LogP contribution is -2.49. The van der Waals surface area contributed by atoms with Crippen LogP contribution in [-0.2, 0) is 0 Å². The Kier molecular flexibility index (Phi) is 6.13. The molecule has 6 nitrogen and oxygen atoms in total. The number of piperazine rings is 1. The van der Waals surface area contributed by atoms with Crippen molar-refractivity contribution in [3.05, 3.63) is 83.3 Å². The van der Waals surface area contributed by atoms with Crippen LogP contribution < -0.4 is 9.64 Å². The molecule has 4 rings (SSSR count). The van der Waals surface area contributed by atoms with Crippen LogP contribution >= 0.6 is 0 Å². The quantitative estimate of drug-likeness (QED) is 0.619. The molecule has 3 aromatic rings. The molecule has 156 valence electrons. The molecule has 6 heteroatoms. The van der Waals surface area contributed by atoms with Gasteiger partial charge in [0.15, 0.2) is 0 Å². The summed E-state index contributed by atoms with van der Waals surface area (Å²) in [5.41, 5.74) is 2.94. The lowest BCUT2D eigenvalue weighted by molar-refractivity contribution is 0.0746. The van der Waals surface area contributed by atoms with E-state index in [0.29, 0.717) is 35.7 Å². The first kappa shape index (κ1) is 20.4. The predicted octanol–water partition coefficient (Wildman–Crippen LogP) is 3.16. The minimum atomic E-state index is 0.000362.